The number of nitro benzene ring substituents is 1. The zero-order chi connectivity index (χ0) is 15.7. The van der Waals surface area contributed by atoms with Crippen molar-refractivity contribution < 1.29 is 23.9 Å². The average Bonchev–Trinajstić information content (AvgIpc) is 2.50. The van der Waals surface area contributed by atoms with Crippen LogP contribution in [0.3, 0.4) is 0 Å². The summed E-state index contributed by atoms with van der Waals surface area (Å²) in [7, 11) is 2.80. The lowest BCUT2D eigenvalue weighted by Crippen LogP contribution is -2.02. The van der Waals surface area contributed by atoms with Gasteiger partial charge in [0.05, 0.1) is 31.8 Å². The number of hydrogen-bond donors (Lipinski definition) is 0. The Morgan fingerprint density at radius 1 is 1.19 bits per heavy atom. The number of unbranched alkanes of at least 4 members (excludes halogenated alkanes) is 2. The molecule has 0 unspecified atom stereocenters. The average molecular weight is 297 g/mol. The largest absolute Gasteiger partial charge is 0.493 e. The number of hydrogen-bond acceptors (Lipinski definition) is 6. The van der Waals surface area contributed by atoms with Crippen LogP contribution in [-0.2, 0) is 9.53 Å². The van der Waals surface area contributed by atoms with E-state index < -0.39 is 4.92 Å². The number of nitro groups is 1. The topological polar surface area (TPSA) is 87.9 Å². The summed E-state index contributed by atoms with van der Waals surface area (Å²) in [6.07, 6.45) is 2.76. The molecule has 0 atom stereocenters. The molecular formula is C14H19NO6. The van der Waals surface area contributed by atoms with E-state index >= 15 is 0 Å². The zero-order valence-electron chi connectivity index (χ0n) is 12.2. The van der Waals surface area contributed by atoms with E-state index in [9.17, 15) is 14.9 Å². The summed E-state index contributed by atoms with van der Waals surface area (Å²) in [5.41, 5.74) is -0.0442. The Balaban J connectivity index is 2.38. The van der Waals surface area contributed by atoms with Gasteiger partial charge in [-0.2, -0.15) is 0 Å². The fourth-order valence-electron chi connectivity index (χ4n) is 1.72. The van der Waals surface area contributed by atoms with Gasteiger partial charge in [0, 0.05) is 12.5 Å². The molecule has 0 N–H and O–H groups in total. The Kier molecular flexibility index (Phi) is 7.00. The molecule has 0 aromatic heterocycles. The second kappa shape index (κ2) is 8.78. The first-order valence-electron chi connectivity index (χ1n) is 6.60. The van der Waals surface area contributed by atoms with Crippen molar-refractivity contribution in [2.45, 2.75) is 25.7 Å². The number of rotatable bonds is 9. The minimum absolute atomic E-state index is 0.0442. The molecule has 21 heavy (non-hydrogen) atoms. The maximum absolute atomic E-state index is 10.9. The van der Waals surface area contributed by atoms with E-state index in [4.69, 9.17) is 9.47 Å². The van der Waals surface area contributed by atoms with Crippen LogP contribution in [0.15, 0.2) is 18.2 Å². The van der Waals surface area contributed by atoms with Gasteiger partial charge in [0.2, 0.25) is 0 Å². The van der Waals surface area contributed by atoms with Crippen molar-refractivity contribution in [1.82, 2.24) is 0 Å². The van der Waals surface area contributed by atoms with Crippen LogP contribution in [0.4, 0.5) is 5.69 Å². The van der Waals surface area contributed by atoms with Gasteiger partial charge in [-0.15, -0.1) is 0 Å². The highest BCUT2D eigenvalue weighted by molar-refractivity contribution is 5.68. The molecule has 0 heterocycles. The molecule has 7 heteroatoms. The Morgan fingerprint density at radius 3 is 2.57 bits per heavy atom. The third-order valence-corrected chi connectivity index (χ3v) is 2.87. The third kappa shape index (κ3) is 5.68. The molecule has 0 bridgehead atoms. The van der Waals surface area contributed by atoms with Crippen molar-refractivity contribution in [3.8, 4) is 11.5 Å². The van der Waals surface area contributed by atoms with Crippen molar-refractivity contribution >= 4 is 11.7 Å². The number of methoxy groups -OCH3 is 2. The fourth-order valence-corrected chi connectivity index (χ4v) is 1.72. The van der Waals surface area contributed by atoms with Crippen molar-refractivity contribution in [3.63, 3.8) is 0 Å². The maximum atomic E-state index is 10.9. The number of carbonyl (C=O) groups is 1. The second-order valence-corrected chi connectivity index (χ2v) is 4.33. The van der Waals surface area contributed by atoms with E-state index in [0.717, 1.165) is 19.3 Å². The number of nitrogens with zero attached hydrogens (tertiary/aromatic N) is 1. The highest BCUT2D eigenvalue weighted by Gasteiger charge is 2.12. The van der Waals surface area contributed by atoms with Gasteiger partial charge in [0.25, 0.3) is 5.69 Å². The molecule has 1 aromatic carbocycles. The molecule has 0 aliphatic rings. The summed E-state index contributed by atoms with van der Waals surface area (Å²) < 4.78 is 15.1. The number of ether oxygens (including phenoxy) is 3. The van der Waals surface area contributed by atoms with Gasteiger partial charge in [-0.1, -0.05) is 0 Å². The maximum Gasteiger partial charge on any atom is 0.305 e. The van der Waals surface area contributed by atoms with E-state index in [1.807, 2.05) is 0 Å². The molecule has 0 radical (unpaired) electrons. The highest BCUT2D eigenvalue weighted by atomic mass is 16.6. The minimum Gasteiger partial charge on any atom is -0.493 e. The minimum atomic E-state index is -0.487. The van der Waals surface area contributed by atoms with Gasteiger partial charge in [-0.05, 0) is 25.3 Å². The Labute approximate surface area is 123 Å². The van der Waals surface area contributed by atoms with Crippen LogP contribution < -0.4 is 9.47 Å². The van der Waals surface area contributed by atoms with Crippen LogP contribution in [0, 0.1) is 10.1 Å². The molecule has 0 fully saturated rings. The van der Waals surface area contributed by atoms with Gasteiger partial charge < -0.3 is 14.2 Å². The Morgan fingerprint density at radius 2 is 1.95 bits per heavy atom. The number of benzene rings is 1. The van der Waals surface area contributed by atoms with Crippen LogP contribution >= 0.6 is 0 Å². The van der Waals surface area contributed by atoms with Gasteiger partial charge in [-0.25, -0.2) is 0 Å². The molecular weight excluding hydrogens is 278 g/mol. The van der Waals surface area contributed by atoms with Crippen molar-refractivity contribution in [2.24, 2.45) is 0 Å². The monoisotopic (exact) mass is 297 g/mol. The molecule has 0 saturated heterocycles. The van der Waals surface area contributed by atoms with Gasteiger partial charge >= 0.3 is 5.97 Å². The summed E-state index contributed by atoms with van der Waals surface area (Å²) in [5, 5.41) is 10.7. The van der Waals surface area contributed by atoms with Crippen LogP contribution in [0.2, 0.25) is 0 Å². The molecule has 0 aliphatic heterocycles. The van der Waals surface area contributed by atoms with E-state index in [-0.39, 0.29) is 11.7 Å². The number of esters is 1. The molecule has 1 rings (SSSR count). The smallest absolute Gasteiger partial charge is 0.305 e. The summed E-state index contributed by atoms with van der Waals surface area (Å²) in [6.45, 7) is 0.454. The number of non-ortho nitro benzene ring substituents is 1. The SMILES string of the molecule is COC(=O)CCCCCOc1ccc([N+](=O)[O-])cc1OC. The van der Waals surface area contributed by atoms with Crippen molar-refractivity contribution in [1.29, 1.82) is 0 Å². The molecule has 0 spiro atoms. The van der Waals surface area contributed by atoms with E-state index in [1.54, 1.807) is 0 Å². The van der Waals surface area contributed by atoms with Crippen molar-refractivity contribution in [2.75, 3.05) is 20.8 Å². The first kappa shape index (κ1) is 16.7. The van der Waals surface area contributed by atoms with E-state index in [1.165, 1.54) is 32.4 Å². The molecule has 0 amide bonds. The van der Waals surface area contributed by atoms with Crippen LogP contribution in [0.5, 0.6) is 11.5 Å². The lowest BCUT2D eigenvalue weighted by molar-refractivity contribution is -0.385. The first-order valence-corrected chi connectivity index (χ1v) is 6.60. The lowest BCUT2D eigenvalue weighted by atomic mass is 10.2. The van der Waals surface area contributed by atoms with Crippen LogP contribution in [0.1, 0.15) is 25.7 Å². The molecule has 0 aliphatic carbocycles. The van der Waals surface area contributed by atoms with E-state index in [0.29, 0.717) is 24.5 Å². The van der Waals surface area contributed by atoms with Crippen LogP contribution in [-0.4, -0.2) is 31.7 Å². The first-order chi connectivity index (χ1) is 10.1. The van der Waals surface area contributed by atoms with Crippen molar-refractivity contribution in [3.05, 3.63) is 28.3 Å². The fraction of sp³-hybridized carbons (Fsp3) is 0.500. The summed E-state index contributed by atoms with van der Waals surface area (Å²) in [4.78, 5) is 21.1. The second-order valence-electron chi connectivity index (χ2n) is 4.33. The zero-order valence-corrected chi connectivity index (χ0v) is 12.2. The predicted octanol–water partition coefficient (Wildman–Crippen LogP) is 2.72. The van der Waals surface area contributed by atoms with E-state index in [2.05, 4.69) is 4.74 Å². The van der Waals surface area contributed by atoms with Gasteiger partial charge in [0.15, 0.2) is 11.5 Å². The molecule has 1 aromatic rings. The van der Waals surface area contributed by atoms with Gasteiger partial charge in [0.1, 0.15) is 0 Å². The lowest BCUT2D eigenvalue weighted by Gasteiger charge is -2.10. The van der Waals surface area contributed by atoms with Gasteiger partial charge in [-0.3, -0.25) is 14.9 Å². The Hall–Kier alpha value is -2.31. The normalized spacial score (nSPS) is 10.0. The quantitative estimate of drug-likeness (QED) is 0.301. The Bertz CT molecular complexity index is 488. The number of carbonyl (C=O) groups excluding carboxylic acids is 1. The molecule has 116 valence electrons. The highest BCUT2D eigenvalue weighted by Crippen LogP contribution is 2.31. The summed E-state index contributed by atoms with van der Waals surface area (Å²) >= 11 is 0. The van der Waals surface area contributed by atoms with Crippen LogP contribution in [0.25, 0.3) is 0 Å². The third-order valence-electron chi connectivity index (χ3n) is 2.87. The molecule has 7 nitrogen and oxygen atoms in total. The predicted molar refractivity (Wildman–Crippen MR) is 75.6 cm³/mol. The molecule has 0 saturated carbocycles. The summed E-state index contributed by atoms with van der Waals surface area (Å²) in [5.74, 6) is 0.586. The summed E-state index contributed by atoms with van der Waals surface area (Å²) in [6, 6.07) is 4.22. The standard InChI is InChI=1S/C14H19NO6/c1-19-13-10-11(15(17)18)7-8-12(13)21-9-5-3-4-6-14(16)20-2/h7-8,10H,3-6,9H2,1-2H3.